The Labute approximate surface area is 239 Å². The summed E-state index contributed by atoms with van der Waals surface area (Å²) in [6.07, 6.45) is 2.99. The smallest absolute Gasteiger partial charge is 0.326 e. The van der Waals surface area contributed by atoms with E-state index in [1.807, 2.05) is 20.1 Å². The molecule has 14 heteroatoms. The maximum absolute atomic E-state index is 13.4. The van der Waals surface area contributed by atoms with Crippen molar-refractivity contribution in [1.29, 1.82) is 0 Å². The fourth-order valence-electron chi connectivity index (χ4n) is 3.74. The van der Waals surface area contributed by atoms with Crippen LogP contribution in [0, 0.1) is 5.92 Å². The maximum Gasteiger partial charge on any atom is 0.326 e. The first-order chi connectivity index (χ1) is 18.8. The number of aliphatic imine (C=N–C) groups is 1. The van der Waals surface area contributed by atoms with Crippen LogP contribution in [0.3, 0.4) is 0 Å². The third-order valence-electron chi connectivity index (χ3n) is 5.88. The van der Waals surface area contributed by atoms with E-state index >= 15 is 0 Å². The molecule has 0 fully saturated rings. The summed E-state index contributed by atoms with van der Waals surface area (Å²) in [4.78, 5) is 54.9. The number of carbonyl (C=O) groups is 4. The number of nitrogens with two attached hydrogens (primary N) is 3. The molecule has 0 aliphatic rings. The van der Waals surface area contributed by atoms with Crippen molar-refractivity contribution in [3.8, 4) is 5.75 Å². The zero-order valence-electron chi connectivity index (χ0n) is 23.3. The third-order valence-corrected chi connectivity index (χ3v) is 6.52. The van der Waals surface area contributed by atoms with Crippen LogP contribution in [-0.2, 0) is 25.6 Å². The molecular formula is C26H43N7O6S. The van der Waals surface area contributed by atoms with Crippen LogP contribution in [0.25, 0.3) is 0 Å². The number of amides is 3. The molecule has 0 bridgehead atoms. The van der Waals surface area contributed by atoms with Crippen molar-refractivity contribution < 1.29 is 29.4 Å². The second kappa shape index (κ2) is 17.9. The van der Waals surface area contributed by atoms with E-state index in [1.165, 1.54) is 12.1 Å². The van der Waals surface area contributed by atoms with Gasteiger partial charge in [-0.3, -0.25) is 19.4 Å². The third kappa shape index (κ3) is 13.5. The minimum Gasteiger partial charge on any atom is -0.508 e. The van der Waals surface area contributed by atoms with E-state index in [2.05, 4.69) is 20.9 Å². The summed E-state index contributed by atoms with van der Waals surface area (Å²) in [6, 6.07) is 1.88. The number of hydrogen-bond acceptors (Lipinski definition) is 8. The zero-order valence-corrected chi connectivity index (χ0v) is 24.1. The van der Waals surface area contributed by atoms with Crippen LogP contribution in [0.4, 0.5) is 0 Å². The van der Waals surface area contributed by atoms with Gasteiger partial charge in [0.05, 0.1) is 6.04 Å². The topological polar surface area (TPSA) is 235 Å². The molecule has 13 nitrogen and oxygen atoms in total. The van der Waals surface area contributed by atoms with Gasteiger partial charge in [0.2, 0.25) is 17.7 Å². The predicted molar refractivity (Wildman–Crippen MR) is 156 cm³/mol. The summed E-state index contributed by atoms with van der Waals surface area (Å²) < 4.78 is 0. The molecule has 40 heavy (non-hydrogen) atoms. The molecular weight excluding hydrogens is 538 g/mol. The number of hydrogen-bond donors (Lipinski definition) is 8. The molecule has 0 aromatic heterocycles. The number of nitrogens with one attached hydrogen (secondary N) is 3. The molecule has 224 valence electrons. The molecule has 0 spiro atoms. The van der Waals surface area contributed by atoms with Crippen LogP contribution in [0.2, 0.25) is 0 Å². The van der Waals surface area contributed by atoms with Crippen molar-refractivity contribution in [2.45, 2.75) is 70.1 Å². The van der Waals surface area contributed by atoms with Gasteiger partial charge in [0, 0.05) is 13.0 Å². The molecule has 1 rings (SSSR count). The van der Waals surface area contributed by atoms with Gasteiger partial charge in [0.1, 0.15) is 23.9 Å². The monoisotopic (exact) mass is 581 g/mol. The Morgan fingerprint density at radius 1 is 0.925 bits per heavy atom. The number of phenols is 1. The molecule has 3 amide bonds. The van der Waals surface area contributed by atoms with E-state index in [1.54, 1.807) is 23.9 Å². The highest BCUT2D eigenvalue weighted by Crippen LogP contribution is 2.13. The van der Waals surface area contributed by atoms with Crippen molar-refractivity contribution >= 4 is 41.4 Å². The van der Waals surface area contributed by atoms with Crippen molar-refractivity contribution in [1.82, 2.24) is 16.0 Å². The van der Waals surface area contributed by atoms with Crippen molar-refractivity contribution in [2.75, 3.05) is 18.6 Å². The number of carbonyl (C=O) groups excluding carboxylic acids is 3. The standard InChI is InChI=1S/C26H43N7O6S/c1-15(2)13-20(32-22(35)18(27)10-12-40-3)23(36)33-21(14-16-6-8-17(34)9-7-16)24(37)31-19(25(38)39)5-4-11-30-26(28)29/h6-9,15,18-21,34H,4-5,10-14,27H2,1-3H3,(H,31,37)(H,32,35)(H,33,36)(H,38,39)(H4,28,29,30). The van der Waals surface area contributed by atoms with Gasteiger partial charge in [-0.15, -0.1) is 0 Å². The summed E-state index contributed by atoms with van der Waals surface area (Å²) in [6.45, 7) is 3.96. The number of carboxylic acids is 1. The van der Waals surface area contributed by atoms with E-state index in [0.717, 1.165) is 0 Å². The largest absolute Gasteiger partial charge is 0.508 e. The summed E-state index contributed by atoms with van der Waals surface area (Å²) in [7, 11) is 0. The van der Waals surface area contributed by atoms with Gasteiger partial charge < -0.3 is 43.4 Å². The Hall–Kier alpha value is -3.52. The molecule has 0 saturated heterocycles. The summed E-state index contributed by atoms with van der Waals surface area (Å²) in [5.74, 6) is -2.43. The molecule has 4 unspecified atom stereocenters. The molecule has 1 aromatic carbocycles. The zero-order chi connectivity index (χ0) is 30.2. The number of nitrogens with zero attached hydrogens (tertiary/aromatic N) is 1. The number of carboxylic acid groups (broad SMARTS) is 1. The fourth-order valence-corrected chi connectivity index (χ4v) is 4.23. The summed E-state index contributed by atoms with van der Waals surface area (Å²) in [5.41, 5.74) is 17.2. The lowest BCUT2D eigenvalue weighted by Gasteiger charge is -2.26. The number of thioether (sulfide) groups is 1. The fraction of sp³-hybridized carbons (Fsp3) is 0.577. The molecule has 0 radical (unpaired) electrons. The van der Waals surface area contributed by atoms with E-state index in [0.29, 0.717) is 30.6 Å². The number of guanidine groups is 1. The number of aromatic hydroxyl groups is 1. The van der Waals surface area contributed by atoms with Crippen molar-refractivity contribution in [3.05, 3.63) is 29.8 Å². The average molecular weight is 582 g/mol. The van der Waals surface area contributed by atoms with Gasteiger partial charge in [0.25, 0.3) is 0 Å². The summed E-state index contributed by atoms with van der Waals surface area (Å²) >= 11 is 1.55. The Balaban J connectivity index is 3.12. The minimum atomic E-state index is -1.25. The SMILES string of the molecule is CSCCC(N)C(=O)NC(CC(C)C)C(=O)NC(Cc1ccc(O)cc1)C(=O)NC(CCCN=C(N)N)C(=O)O. The molecule has 0 heterocycles. The highest BCUT2D eigenvalue weighted by atomic mass is 32.2. The highest BCUT2D eigenvalue weighted by Gasteiger charge is 2.30. The second-order valence-electron chi connectivity index (χ2n) is 9.86. The van der Waals surface area contributed by atoms with Gasteiger partial charge in [-0.25, -0.2) is 4.79 Å². The van der Waals surface area contributed by atoms with Gasteiger partial charge in [-0.05, 0) is 61.3 Å². The Kier molecular flexibility index (Phi) is 15.5. The lowest BCUT2D eigenvalue weighted by atomic mass is 10.00. The van der Waals surface area contributed by atoms with Crippen molar-refractivity contribution in [3.63, 3.8) is 0 Å². The van der Waals surface area contributed by atoms with E-state index in [9.17, 15) is 29.4 Å². The molecule has 0 aliphatic carbocycles. The number of aliphatic carboxylic acids is 1. The Morgan fingerprint density at radius 2 is 1.50 bits per heavy atom. The first-order valence-electron chi connectivity index (χ1n) is 13.1. The van der Waals surface area contributed by atoms with Crippen LogP contribution in [0.1, 0.15) is 45.1 Å². The van der Waals surface area contributed by atoms with Gasteiger partial charge in [-0.1, -0.05) is 26.0 Å². The predicted octanol–water partition coefficient (Wildman–Crippen LogP) is -0.346. The molecule has 1 aromatic rings. The molecule has 4 atom stereocenters. The van der Waals surface area contributed by atoms with Crippen LogP contribution >= 0.6 is 11.8 Å². The van der Waals surface area contributed by atoms with Crippen LogP contribution < -0.4 is 33.2 Å². The average Bonchev–Trinajstić information content (AvgIpc) is 2.88. The van der Waals surface area contributed by atoms with Gasteiger partial charge in [-0.2, -0.15) is 11.8 Å². The van der Waals surface area contributed by atoms with Crippen LogP contribution in [-0.4, -0.2) is 82.6 Å². The summed E-state index contributed by atoms with van der Waals surface area (Å²) in [5, 5.41) is 27.1. The van der Waals surface area contributed by atoms with Gasteiger partial charge >= 0.3 is 5.97 Å². The first-order valence-corrected chi connectivity index (χ1v) is 14.4. The molecule has 11 N–H and O–H groups in total. The molecule has 0 saturated carbocycles. The number of phenolic OH excluding ortho intramolecular Hbond substituents is 1. The molecule has 0 aliphatic heterocycles. The lowest BCUT2D eigenvalue weighted by Crippen LogP contribution is -2.57. The first kappa shape index (κ1) is 34.5. The van der Waals surface area contributed by atoms with Gasteiger partial charge in [0.15, 0.2) is 5.96 Å². The highest BCUT2D eigenvalue weighted by molar-refractivity contribution is 7.98. The van der Waals surface area contributed by atoms with Crippen LogP contribution in [0.5, 0.6) is 5.75 Å². The Bertz CT molecular complexity index is 1000. The number of rotatable bonds is 18. The lowest BCUT2D eigenvalue weighted by molar-refractivity contribution is -0.142. The quantitative estimate of drug-likeness (QED) is 0.0637. The maximum atomic E-state index is 13.4. The van der Waals surface area contributed by atoms with E-state index in [4.69, 9.17) is 17.2 Å². The van der Waals surface area contributed by atoms with E-state index < -0.39 is 47.9 Å². The normalized spacial score (nSPS) is 13.9. The van der Waals surface area contributed by atoms with Crippen molar-refractivity contribution in [2.24, 2.45) is 28.1 Å². The minimum absolute atomic E-state index is 0.00771. The Morgan fingerprint density at radius 3 is 2.05 bits per heavy atom. The second-order valence-corrected chi connectivity index (χ2v) is 10.8. The van der Waals surface area contributed by atoms with Crippen LogP contribution in [0.15, 0.2) is 29.3 Å². The van der Waals surface area contributed by atoms with E-state index in [-0.39, 0.29) is 37.0 Å². The number of benzene rings is 1.